The van der Waals surface area contributed by atoms with Crippen molar-refractivity contribution in [2.24, 2.45) is 17.3 Å². The summed E-state index contributed by atoms with van der Waals surface area (Å²) in [5.41, 5.74) is -0.390. The standard InChI is InChI=1S/C25H28Cl2FN3O2/c1-14(26)6-5-7-17(28)21-20-19(10-11-29-22(20)32)31(13-24(2,3)4)25(21)16-9-8-15(27)12-18(16)30-23(25)33/h5-9,12,19-21H,1,10-11,13H2,2-4H3,(H,29,32)(H,30,33)/b6-5-,17-7-/t19-,20?,21?,25+/m0/s1. The van der Waals surface area contributed by atoms with Gasteiger partial charge < -0.3 is 10.6 Å². The van der Waals surface area contributed by atoms with E-state index in [1.165, 1.54) is 18.2 Å². The van der Waals surface area contributed by atoms with Crippen LogP contribution in [-0.2, 0) is 15.1 Å². The molecule has 0 radical (unpaired) electrons. The minimum atomic E-state index is -1.38. The summed E-state index contributed by atoms with van der Waals surface area (Å²) in [6.07, 6.45) is 4.83. The Hall–Kier alpha value is -2.15. The summed E-state index contributed by atoms with van der Waals surface area (Å²) in [6, 6.07) is 4.87. The molecule has 0 aliphatic carbocycles. The van der Waals surface area contributed by atoms with Crippen LogP contribution in [0.5, 0.6) is 0 Å². The first-order valence-electron chi connectivity index (χ1n) is 11.0. The molecule has 0 aromatic heterocycles. The Morgan fingerprint density at radius 3 is 2.76 bits per heavy atom. The summed E-state index contributed by atoms with van der Waals surface area (Å²) in [6.45, 7) is 10.8. The summed E-state index contributed by atoms with van der Waals surface area (Å²) in [4.78, 5) is 29.1. The van der Waals surface area contributed by atoms with Gasteiger partial charge in [-0.3, -0.25) is 14.5 Å². The summed E-state index contributed by atoms with van der Waals surface area (Å²) in [5.74, 6) is -2.87. The van der Waals surface area contributed by atoms with E-state index in [0.717, 1.165) is 0 Å². The first-order valence-corrected chi connectivity index (χ1v) is 11.8. The number of anilines is 1. The summed E-state index contributed by atoms with van der Waals surface area (Å²) in [5, 5.41) is 6.53. The van der Waals surface area contributed by atoms with Crippen molar-refractivity contribution < 1.29 is 14.0 Å². The van der Waals surface area contributed by atoms with Gasteiger partial charge in [-0.1, -0.05) is 62.7 Å². The molecule has 2 amide bonds. The lowest BCUT2D eigenvalue weighted by Gasteiger charge is -2.42. The number of hydrogen-bond acceptors (Lipinski definition) is 3. The molecule has 3 heterocycles. The molecule has 2 unspecified atom stereocenters. The number of carbonyl (C=O) groups excluding carboxylic acids is 2. The number of allylic oxidation sites excluding steroid dienone is 4. The Bertz CT molecular complexity index is 1080. The second-order valence-corrected chi connectivity index (χ2v) is 11.0. The summed E-state index contributed by atoms with van der Waals surface area (Å²) in [7, 11) is 0. The Morgan fingerprint density at radius 1 is 1.36 bits per heavy atom. The smallest absolute Gasteiger partial charge is 0.250 e. The van der Waals surface area contributed by atoms with Crippen molar-refractivity contribution in [3.05, 3.63) is 64.5 Å². The number of fused-ring (bicyclic) bond motifs is 3. The van der Waals surface area contributed by atoms with Crippen molar-refractivity contribution in [1.82, 2.24) is 10.2 Å². The van der Waals surface area contributed by atoms with E-state index in [0.29, 0.717) is 35.8 Å². The van der Waals surface area contributed by atoms with Gasteiger partial charge in [0.2, 0.25) is 11.8 Å². The highest BCUT2D eigenvalue weighted by Crippen LogP contribution is 2.59. The molecule has 1 aromatic rings. The maximum Gasteiger partial charge on any atom is 0.250 e. The van der Waals surface area contributed by atoms with Gasteiger partial charge in [-0.2, -0.15) is 0 Å². The molecular weight excluding hydrogens is 464 g/mol. The van der Waals surface area contributed by atoms with Gasteiger partial charge in [0.15, 0.2) is 0 Å². The molecule has 1 spiro atoms. The van der Waals surface area contributed by atoms with E-state index >= 15 is 4.39 Å². The monoisotopic (exact) mass is 491 g/mol. The zero-order valence-corrected chi connectivity index (χ0v) is 20.4. The molecule has 1 aromatic carbocycles. The van der Waals surface area contributed by atoms with Crippen molar-refractivity contribution >= 4 is 40.7 Å². The van der Waals surface area contributed by atoms with E-state index in [9.17, 15) is 9.59 Å². The number of piperidine rings is 1. The van der Waals surface area contributed by atoms with Crippen LogP contribution in [0, 0.1) is 17.3 Å². The zero-order chi connectivity index (χ0) is 24.1. The molecule has 2 fully saturated rings. The molecule has 0 saturated carbocycles. The Labute approximate surface area is 203 Å². The number of carbonyl (C=O) groups is 2. The fraction of sp³-hybridized carbons (Fsp3) is 0.440. The Balaban J connectivity index is 1.98. The van der Waals surface area contributed by atoms with Gasteiger partial charge in [0.05, 0.1) is 11.8 Å². The van der Waals surface area contributed by atoms with Gasteiger partial charge in [0.25, 0.3) is 0 Å². The summed E-state index contributed by atoms with van der Waals surface area (Å²) >= 11 is 12.0. The second kappa shape index (κ2) is 8.57. The van der Waals surface area contributed by atoms with Gasteiger partial charge in [-0.25, -0.2) is 4.39 Å². The van der Waals surface area contributed by atoms with Crippen LogP contribution in [0.3, 0.4) is 0 Å². The van der Waals surface area contributed by atoms with Crippen LogP contribution < -0.4 is 10.6 Å². The first kappa shape index (κ1) is 24.0. The third kappa shape index (κ3) is 4.02. The molecule has 33 heavy (non-hydrogen) atoms. The van der Waals surface area contributed by atoms with E-state index in [2.05, 4.69) is 42.9 Å². The topological polar surface area (TPSA) is 61.4 Å². The van der Waals surface area contributed by atoms with Gasteiger partial charge >= 0.3 is 0 Å². The van der Waals surface area contributed by atoms with E-state index in [1.807, 2.05) is 0 Å². The minimum Gasteiger partial charge on any atom is -0.356 e. The van der Waals surface area contributed by atoms with Crippen molar-refractivity contribution in [1.29, 1.82) is 0 Å². The van der Waals surface area contributed by atoms with Gasteiger partial charge in [-0.15, -0.1) is 0 Å². The van der Waals surface area contributed by atoms with Crippen molar-refractivity contribution in [2.45, 2.75) is 38.8 Å². The van der Waals surface area contributed by atoms with E-state index in [1.54, 1.807) is 18.2 Å². The van der Waals surface area contributed by atoms with Crippen molar-refractivity contribution in [3.8, 4) is 0 Å². The number of nitrogens with one attached hydrogen (secondary N) is 2. The maximum absolute atomic E-state index is 16.1. The lowest BCUT2D eigenvalue weighted by Crippen LogP contribution is -2.55. The average Bonchev–Trinajstić information content (AvgIpc) is 3.14. The third-order valence-corrected chi connectivity index (χ3v) is 6.94. The molecule has 0 bridgehead atoms. The second-order valence-electron chi connectivity index (χ2n) is 10.1. The SMILES string of the molecule is C=C(Cl)/C=C\C=C(/F)C1C2C(=O)NCC[C@@H]2N(CC(C)(C)C)[C@@]12C(=O)Nc1cc(Cl)ccc12. The molecule has 4 rings (SSSR count). The fourth-order valence-corrected chi connectivity index (χ4v) is 5.84. The van der Waals surface area contributed by atoms with Crippen LogP contribution in [-0.4, -0.2) is 35.8 Å². The normalized spacial score (nSPS) is 29.9. The lowest BCUT2D eigenvalue weighted by atomic mass is 9.72. The largest absolute Gasteiger partial charge is 0.356 e. The molecule has 2 saturated heterocycles. The Morgan fingerprint density at radius 2 is 2.09 bits per heavy atom. The van der Waals surface area contributed by atoms with Crippen LogP contribution in [0.1, 0.15) is 32.8 Å². The number of nitrogens with zero attached hydrogens (tertiary/aromatic N) is 1. The zero-order valence-electron chi connectivity index (χ0n) is 18.9. The highest BCUT2D eigenvalue weighted by Gasteiger charge is 2.69. The van der Waals surface area contributed by atoms with Gasteiger partial charge in [0.1, 0.15) is 11.4 Å². The number of benzene rings is 1. The van der Waals surface area contributed by atoms with Crippen LogP contribution in [0.15, 0.2) is 53.9 Å². The lowest BCUT2D eigenvalue weighted by molar-refractivity contribution is -0.129. The van der Waals surface area contributed by atoms with Crippen molar-refractivity contribution in [2.75, 3.05) is 18.4 Å². The number of rotatable bonds is 4. The van der Waals surface area contributed by atoms with Crippen LogP contribution in [0.2, 0.25) is 5.02 Å². The highest BCUT2D eigenvalue weighted by atomic mass is 35.5. The van der Waals surface area contributed by atoms with E-state index in [4.69, 9.17) is 23.2 Å². The fourth-order valence-electron chi connectivity index (χ4n) is 5.60. The molecule has 8 heteroatoms. The number of hydrogen-bond donors (Lipinski definition) is 2. The first-order chi connectivity index (χ1) is 15.5. The van der Waals surface area contributed by atoms with Gasteiger partial charge in [-0.05, 0) is 36.1 Å². The molecule has 4 atom stereocenters. The molecule has 2 N–H and O–H groups in total. The molecule has 3 aliphatic rings. The number of halogens is 3. The Kier molecular flexibility index (Phi) is 6.23. The minimum absolute atomic E-state index is 0.202. The highest BCUT2D eigenvalue weighted by molar-refractivity contribution is 6.31. The molecule has 3 aliphatic heterocycles. The van der Waals surface area contributed by atoms with Crippen LogP contribution >= 0.6 is 23.2 Å². The van der Waals surface area contributed by atoms with E-state index in [-0.39, 0.29) is 28.3 Å². The van der Waals surface area contributed by atoms with Crippen LogP contribution in [0.4, 0.5) is 10.1 Å². The number of amides is 2. The van der Waals surface area contributed by atoms with Crippen molar-refractivity contribution in [3.63, 3.8) is 0 Å². The maximum atomic E-state index is 16.1. The predicted molar refractivity (Wildman–Crippen MR) is 130 cm³/mol. The summed E-state index contributed by atoms with van der Waals surface area (Å²) < 4.78 is 16.1. The van der Waals surface area contributed by atoms with E-state index < -0.39 is 23.2 Å². The molecule has 176 valence electrons. The predicted octanol–water partition coefficient (Wildman–Crippen LogP) is 5.13. The molecule has 5 nitrogen and oxygen atoms in total. The molecular formula is C25H28Cl2FN3O2. The third-order valence-electron chi connectivity index (χ3n) is 6.58. The van der Waals surface area contributed by atoms with Gasteiger partial charge in [0, 0.05) is 40.4 Å². The average molecular weight is 492 g/mol. The quantitative estimate of drug-likeness (QED) is 0.573. The van der Waals surface area contributed by atoms with Crippen LogP contribution in [0.25, 0.3) is 0 Å². The number of likely N-dealkylation sites (tertiary alicyclic amines) is 1.